The maximum atomic E-state index is 14.7. The fraction of sp³-hybridized carbons (Fsp3) is 0.529. The first-order valence-corrected chi connectivity index (χ1v) is 18.7. The van der Waals surface area contributed by atoms with E-state index in [4.69, 9.17) is 18.6 Å². The van der Waals surface area contributed by atoms with Crippen molar-refractivity contribution in [2.45, 2.75) is 107 Å². The number of thiophene rings is 1. The average Bonchev–Trinajstić information content (AvgIpc) is 3.35. The molecule has 1 saturated carbocycles. The normalized spacial score (nSPS) is 22.3. The quantitative estimate of drug-likeness (QED) is 0.236. The minimum atomic E-state index is -4.06. The Balaban J connectivity index is 1.39. The summed E-state index contributed by atoms with van der Waals surface area (Å²) in [7, 11) is -2.49. The second kappa shape index (κ2) is 12.2. The molecule has 2 saturated heterocycles. The molecule has 262 valence electrons. The topological polar surface area (TPSA) is 161 Å². The van der Waals surface area contributed by atoms with Gasteiger partial charge in [0.05, 0.1) is 53.2 Å². The van der Waals surface area contributed by atoms with Crippen molar-refractivity contribution in [1.82, 2.24) is 18.8 Å². The number of carbonyl (C=O) groups is 1. The lowest BCUT2D eigenvalue weighted by atomic mass is 10.0. The summed E-state index contributed by atoms with van der Waals surface area (Å²) in [4.78, 5) is 48.1. The van der Waals surface area contributed by atoms with Crippen LogP contribution in [0.5, 0.6) is 5.75 Å². The van der Waals surface area contributed by atoms with Crippen LogP contribution in [0.15, 0.2) is 50.7 Å². The molecule has 4 atom stereocenters. The van der Waals surface area contributed by atoms with E-state index in [1.165, 1.54) is 42.2 Å². The van der Waals surface area contributed by atoms with Crippen LogP contribution in [0.25, 0.3) is 21.0 Å². The van der Waals surface area contributed by atoms with E-state index in [1.54, 1.807) is 21.0 Å². The number of oxazole rings is 1. The maximum absolute atomic E-state index is 14.7. The predicted octanol–water partition coefficient (Wildman–Crippen LogP) is 4.40. The minimum absolute atomic E-state index is 0.0400. The first-order valence-electron chi connectivity index (χ1n) is 16.4. The van der Waals surface area contributed by atoms with Crippen LogP contribution in [0.3, 0.4) is 0 Å². The Morgan fingerprint density at radius 1 is 1.18 bits per heavy atom. The molecule has 1 amide bonds. The van der Waals surface area contributed by atoms with Crippen molar-refractivity contribution >= 4 is 37.5 Å². The van der Waals surface area contributed by atoms with Crippen LogP contribution in [0.4, 0.5) is 0 Å². The highest BCUT2D eigenvalue weighted by molar-refractivity contribution is 7.91. The molecule has 2 bridgehead atoms. The first-order chi connectivity index (χ1) is 23.2. The van der Waals surface area contributed by atoms with Crippen LogP contribution < -0.4 is 20.7 Å². The highest BCUT2D eigenvalue weighted by atomic mass is 32.2. The van der Waals surface area contributed by atoms with Gasteiger partial charge in [0.1, 0.15) is 28.5 Å². The lowest BCUT2D eigenvalue weighted by molar-refractivity contribution is -0.126. The number of nitrogens with zero attached hydrogens (tertiary/aromatic N) is 3. The van der Waals surface area contributed by atoms with Gasteiger partial charge in [0.25, 0.3) is 11.5 Å². The number of nitrogens with one attached hydrogen (secondary N) is 1. The Hall–Kier alpha value is -3.79. The number of aryl methyl sites for hydroxylation is 1. The Labute approximate surface area is 287 Å². The third-order valence-electron chi connectivity index (χ3n) is 10.2. The van der Waals surface area contributed by atoms with Crippen LogP contribution in [0, 0.1) is 6.92 Å². The van der Waals surface area contributed by atoms with Crippen molar-refractivity contribution in [1.29, 1.82) is 0 Å². The molecular weight excluding hydrogens is 673 g/mol. The number of methoxy groups -OCH3 is 1. The molecule has 3 fully saturated rings. The molecule has 2 aliphatic heterocycles. The summed E-state index contributed by atoms with van der Waals surface area (Å²) in [5.74, 6) is -0.136. The molecule has 1 aromatic carbocycles. The molecule has 3 aliphatic rings. The number of ether oxygens (including phenoxy) is 3. The molecule has 1 unspecified atom stereocenters. The van der Waals surface area contributed by atoms with Crippen molar-refractivity contribution in [3.05, 3.63) is 68.7 Å². The summed E-state index contributed by atoms with van der Waals surface area (Å²) < 4.78 is 53.8. The number of amides is 1. The standard InChI is InChI=1S/C34H40N4O9S2/c1-19-26-29(39)38(33(2,3)31(40)36-49(42,43)34(4)12-13-34)32(41)37(30(26)48-27(19)28-35-14-15-45-28)18-25(23-8-6-7-9-24(23)44-5)47-22-16-20-10-11-21(17-22)46-20/h6-9,14-15,20-22,25H,10-13,16-18H2,1-5H3,(H,36,40)/t20-,21?,22-,25-/m0/s1. The van der Waals surface area contributed by atoms with E-state index in [1.807, 2.05) is 24.3 Å². The van der Waals surface area contributed by atoms with E-state index in [0.717, 1.165) is 17.4 Å². The Bertz CT molecular complexity index is 2130. The molecule has 7 rings (SSSR count). The Morgan fingerprint density at radius 3 is 2.51 bits per heavy atom. The van der Waals surface area contributed by atoms with Gasteiger partial charge in [0, 0.05) is 5.56 Å². The van der Waals surface area contributed by atoms with Gasteiger partial charge in [-0.3, -0.25) is 18.9 Å². The number of benzene rings is 1. The van der Waals surface area contributed by atoms with Gasteiger partial charge in [0.15, 0.2) is 0 Å². The van der Waals surface area contributed by atoms with Crippen LogP contribution in [-0.2, 0) is 36.4 Å². The summed E-state index contributed by atoms with van der Waals surface area (Å²) >= 11 is 1.18. The van der Waals surface area contributed by atoms with E-state index in [2.05, 4.69) is 9.71 Å². The smallest absolute Gasteiger partial charge is 0.333 e. The van der Waals surface area contributed by atoms with Crippen molar-refractivity contribution in [3.8, 4) is 16.5 Å². The molecule has 1 N–H and O–H groups in total. The molecule has 49 heavy (non-hydrogen) atoms. The van der Waals surface area contributed by atoms with Crippen molar-refractivity contribution in [3.63, 3.8) is 0 Å². The highest BCUT2D eigenvalue weighted by Crippen LogP contribution is 2.43. The molecule has 1 aliphatic carbocycles. The number of hydrogen-bond donors (Lipinski definition) is 1. The van der Waals surface area contributed by atoms with Gasteiger partial charge in [-0.25, -0.2) is 22.8 Å². The zero-order chi connectivity index (χ0) is 34.9. The van der Waals surface area contributed by atoms with E-state index >= 15 is 0 Å². The number of hydrogen-bond acceptors (Lipinski definition) is 11. The molecule has 0 radical (unpaired) electrons. The number of aromatic nitrogens is 3. The van der Waals surface area contributed by atoms with Gasteiger partial charge >= 0.3 is 5.69 Å². The third kappa shape index (κ3) is 5.83. The zero-order valence-electron chi connectivity index (χ0n) is 28.1. The SMILES string of the molecule is COc1ccccc1[C@H](Cn1c(=O)n(C(C)(C)C(=O)NS(=O)(=O)C2(C)CC2)c(=O)c2c(C)c(-c3ncco3)sc21)O[C@@H]1CC2CC[C@@H](C1)O2. The average molecular weight is 713 g/mol. The number of rotatable bonds is 11. The molecule has 3 aromatic heterocycles. The number of carbonyl (C=O) groups excluding carboxylic acids is 1. The summed E-state index contributed by atoms with van der Waals surface area (Å²) in [5.41, 5.74) is -2.19. The van der Waals surface area contributed by atoms with Crippen molar-refractivity contribution in [2.75, 3.05) is 7.11 Å². The summed E-state index contributed by atoms with van der Waals surface area (Å²) in [6.45, 7) is 5.99. The predicted molar refractivity (Wildman–Crippen MR) is 182 cm³/mol. The largest absolute Gasteiger partial charge is 0.496 e. The zero-order valence-corrected chi connectivity index (χ0v) is 29.7. The highest BCUT2D eigenvalue weighted by Gasteiger charge is 2.52. The lowest BCUT2D eigenvalue weighted by Crippen LogP contribution is -2.57. The monoisotopic (exact) mass is 712 g/mol. The van der Waals surface area contributed by atoms with Crippen LogP contribution in [0.1, 0.15) is 76.5 Å². The summed E-state index contributed by atoms with van der Waals surface area (Å²) in [5, 5.41) is 0.193. The van der Waals surface area contributed by atoms with Crippen LogP contribution in [0.2, 0.25) is 0 Å². The molecule has 5 heterocycles. The van der Waals surface area contributed by atoms with Gasteiger partial charge in [-0.15, -0.1) is 11.3 Å². The van der Waals surface area contributed by atoms with Gasteiger partial charge in [-0.05, 0) is 77.8 Å². The fourth-order valence-electron chi connectivity index (χ4n) is 6.92. The van der Waals surface area contributed by atoms with Crippen molar-refractivity contribution < 1.29 is 31.8 Å². The van der Waals surface area contributed by atoms with Crippen LogP contribution >= 0.6 is 11.3 Å². The lowest BCUT2D eigenvalue weighted by Gasteiger charge is -2.33. The Kier molecular flexibility index (Phi) is 8.40. The van der Waals surface area contributed by atoms with Crippen molar-refractivity contribution in [2.24, 2.45) is 0 Å². The molecular formula is C34H40N4O9S2. The van der Waals surface area contributed by atoms with Gasteiger partial charge in [0.2, 0.25) is 15.9 Å². The first kappa shape index (κ1) is 33.7. The molecule has 13 nitrogen and oxygen atoms in total. The molecule has 0 spiro atoms. The molecule has 15 heteroatoms. The Morgan fingerprint density at radius 2 is 1.88 bits per heavy atom. The van der Waals surface area contributed by atoms with E-state index in [9.17, 15) is 22.8 Å². The number of sulfonamides is 1. The third-order valence-corrected chi connectivity index (χ3v) is 13.7. The van der Waals surface area contributed by atoms with E-state index < -0.39 is 43.6 Å². The van der Waals surface area contributed by atoms with Crippen LogP contribution in [-0.4, -0.2) is 58.6 Å². The minimum Gasteiger partial charge on any atom is -0.496 e. The van der Waals surface area contributed by atoms with Gasteiger partial charge in [-0.1, -0.05) is 18.2 Å². The summed E-state index contributed by atoms with van der Waals surface area (Å²) in [6, 6.07) is 7.42. The fourth-order valence-corrected chi connectivity index (χ4v) is 9.54. The second-order valence-electron chi connectivity index (χ2n) is 14.0. The van der Waals surface area contributed by atoms with E-state index in [0.29, 0.717) is 52.3 Å². The number of fused-ring (bicyclic) bond motifs is 3. The summed E-state index contributed by atoms with van der Waals surface area (Å²) in [6.07, 6.45) is 6.45. The van der Waals surface area contributed by atoms with Gasteiger partial charge in [-0.2, -0.15) is 0 Å². The maximum Gasteiger partial charge on any atom is 0.333 e. The van der Waals surface area contributed by atoms with E-state index in [-0.39, 0.29) is 36.1 Å². The molecule has 4 aromatic rings. The van der Waals surface area contributed by atoms with Gasteiger partial charge < -0.3 is 18.6 Å². The second-order valence-corrected chi connectivity index (χ2v) is 17.2. The number of para-hydroxylation sites is 1.